The topological polar surface area (TPSA) is 103 Å². The second kappa shape index (κ2) is 5.76. The smallest absolute Gasteiger partial charge is 0.337 e. The van der Waals surface area contributed by atoms with Gasteiger partial charge in [0, 0.05) is 18.2 Å². The molecule has 0 fully saturated rings. The highest BCUT2D eigenvalue weighted by Crippen LogP contribution is 2.30. The van der Waals surface area contributed by atoms with Gasteiger partial charge in [-0.1, -0.05) is 11.6 Å². The average molecular weight is 309 g/mol. The first-order chi connectivity index (χ1) is 9.88. The molecule has 1 heterocycles. The van der Waals surface area contributed by atoms with Crippen molar-refractivity contribution in [2.24, 2.45) is 0 Å². The summed E-state index contributed by atoms with van der Waals surface area (Å²) in [7, 11) is 0. The monoisotopic (exact) mass is 308 g/mol. The van der Waals surface area contributed by atoms with Crippen LogP contribution in [0.3, 0.4) is 0 Å². The van der Waals surface area contributed by atoms with E-state index in [1.165, 1.54) is 30.3 Å². The number of aromatic carboxylic acids is 1. The molecule has 1 aromatic carbocycles. The van der Waals surface area contributed by atoms with Crippen LogP contribution >= 0.6 is 11.6 Å². The van der Waals surface area contributed by atoms with Gasteiger partial charge in [0.25, 0.3) is 5.69 Å². The number of nitro benzene ring substituents is 1. The molecule has 0 amide bonds. The van der Waals surface area contributed by atoms with E-state index in [0.29, 0.717) is 5.69 Å². The minimum Gasteiger partial charge on any atom is -0.478 e. The van der Waals surface area contributed by atoms with E-state index in [1.807, 2.05) is 0 Å². The van der Waals surface area contributed by atoms with E-state index in [4.69, 9.17) is 21.4 Å². The van der Waals surface area contributed by atoms with E-state index in [1.54, 1.807) is 6.92 Å². The number of carboxylic acids is 1. The summed E-state index contributed by atoms with van der Waals surface area (Å²) in [5.74, 6) is -0.645. The van der Waals surface area contributed by atoms with Gasteiger partial charge in [-0.25, -0.2) is 9.78 Å². The summed E-state index contributed by atoms with van der Waals surface area (Å²) < 4.78 is 5.40. The van der Waals surface area contributed by atoms with Crippen LogP contribution in [0.5, 0.6) is 11.6 Å². The van der Waals surface area contributed by atoms with Crippen LogP contribution in [0.2, 0.25) is 5.02 Å². The molecule has 0 radical (unpaired) electrons. The molecule has 21 heavy (non-hydrogen) atoms. The number of pyridine rings is 1. The Morgan fingerprint density at radius 2 is 2.10 bits per heavy atom. The first kappa shape index (κ1) is 14.7. The Labute approximate surface area is 123 Å². The Morgan fingerprint density at radius 1 is 1.38 bits per heavy atom. The second-order valence-corrected chi connectivity index (χ2v) is 4.47. The maximum atomic E-state index is 10.9. The summed E-state index contributed by atoms with van der Waals surface area (Å²) in [4.78, 5) is 24.9. The molecular weight excluding hydrogens is 300 g/mol. The third kappa shape index (κ3) is 3.26. The Balaban J connectivity index is 2.26. The fourth-order valence-corrected chi connectivity index (χ4v) is 1.88. The lowest BCUT2D eigenvalue weighted by molar-refractivity contribution is -0.384. The SMILES string of the molecule is Cc1nc(Oc2ccc([N+](=O)[O-])c(Cl)c2)ccc1C(=O)O. The lowest BCUT2D eigenvalue weighted by atomic mass is 10.2. The number of benzene rings is 1. The number of hydrogen-bond acceptors (Lipinski definition) is 5. The summed E-state index contributed by atoms with van der Waals surface area (Å²) >= 11 is 5.77. The van der Waals surface area contributed by atoms with Crippen LogP contribution in [0.4, 0.5) is 5.69 Å². The standard InChI is InChI=1S/C13H9ClN2O5/c1-7-9(13(17)18)3-5-12(15-7)21-8-2-4-11(16(19)20)10(14)6-8/h2-6H,1H3,(H,17,18). The number of carboxylic acid groups (broad SMARTS) is 1. The molecule has 0 aliphatic carbocycles. The van der Waals surface area contributed by atoms with Crippen molar-refractivity contribution >= 4 is 23.3 Å². The molecule has 0 saturated heterocycles. The zero-order valence-corrected chi connectivity index (χ0v) is 11.5. The van der Waals surface area contributed by atoms with Crippen LogP contribution in [-0.2, 0) is 0 Å². The molecule has 2 rings (SSSR count). The fraction of sp³-hybridized carbons (Fsp3) is 0.0769. The highest BCUT2D eigenvalue weighted by atomic mass is 35.5. The molecule has 0 saturated carbocycles. The zero-order chi connectivity index (χ0) is 15.6. The Hall–Kier alpha value is -2.67. The van der Waals surface area contributed by atoms with E-state index in [-0.39, 0.29) is 27.9 Å². The van der Waals surface area contributed by atoms with Crippen molar-refractivity contribution in [3.63, 3.8) is 0 Å². The van der Waals surface area contributed by atoms with E-state index < -0.39 is 10.9 Å². The molecule has 2 aromatic rings. The fourth-order valence-electron chi connectivity index (χ4n) is 1.64. The Morgan fingerprint density at radius 3 is 2.62 bits per heavy atom. The van der Waals surface area contributed by atoms with Gasteiger partial charge in [-0.3, -0.25) is 10.1 Å². The zero-order valence-electron chi connectivity index (χ0n) is 10.7. The lowest BCUT2D eigenvalue weighted by Crippen LogP contribution is -2.02. The van der Waals surface area contributed by atoms with E-state index in [0.717, 1.165) is 0 Å². The maximum absolute atomic E-state index is 10.9. The van der Waals surface area contributed by atoms with Crippen LogP contribution in [0.15, 0.2) is 30.3 Å². The molecule has 1 N–H and O–H groups in total. The van der Waals surface area contributed by atoms with Crippen LogP contribution in [-0.4, -0.2) is 21.0 Å². The molecule has 0 unspecified atom stereocenters. The number of aryl methyl sites for hydroxylation is 1. The number of carbonyl (C=O) groups is 1. The van der Waals surface area contributed by atoms with Gasteiger partial charge in [0.05, 0.1) is 16.2 Å². The molecule has 8 heteroatoms. The van der Waals surface area contributed by atoms with Gasteiger partial charge in [0.1, 0.15) is 10.8 Å². The molecule has 0 spiro atoms. The number of halogens is 1. The van der Waals surface area contributed by atoms with Crippen LogP contribution < -0.4 is 4.74 Å². The number of nitro groups is 1. The van der Waals surface area contributed by atoms with Crippen molar-refractivity contribution < 1.29 is 19.6 Å². The van der Waals surface area contributed by atoms with Crippen LogP contribution in [0, 0.1) is 17.0 Å². The third-order valence-corrected chi connectivity index (χ3v) is 2.93. The number of rotatable bonds is 4. The first-order valence-electron chi connectivity index (χ1n) is 5.71. The van der Waals surface area contributed by atoms with Crippen LogP contribution in [0.25, 0.3) is 0 Å². The molecule has 0 atom stereocenters. The predicted molar refractivity (Wildman–Crippen MR) is 74.1 cm³/mol. The molecule has 0 bridgehead atoms. The van der Waals surface area contributed by atoms with Gasteiger partial charge in [-0.2, -0.15) is 0 Å². The largest absolute Gasteiger partial charge is 0.478 e. The molecule has 0 aliphatic heterocycles. The number of aromatic nitrogens is 1. The average Bonchev–Trinajstić information content (AvgIpc) is 2.37. The molecule has 0 aliphatic rings. The van der Waals surface area contributed by atoms with Gasteiger partial charge < -0.3 is 9.84 Å². The van der Waals surface area contributed by atoms with Crippen molar-refractivity contribution in [1.82, 2.24) is 4.98 Å². The van der Waals surface area contributed by atoms with Crippen molar-refractivity contribution in [2.75, 3.05) is 0 Å². The van der Waals surface area contributed by atoms with Crippen molar-refractivity contribution in [3.05, 3.63) is 56.7 Å². The van der Waals surface area contributed by atoms with E-state index in [9.17, 15) is 14.9 Å². The summed E-state index contributed by atoms with van der Waals surface area (Å²) in [6.45, 7) is 1.54. The van der Waals surface area contributed by atoms with Gasteiger partial charge in [0.2, 0.25) is 5.88 Å². The van der Waals surface area contributed by atoms with Gasteiger partial charge in [0.15, 0.2) is 0 Å². The van der Waals surface area contributed by atoms with Crippen molar-refractivity contribution in [1.29, 1.82) is 0 Å². The van der Waals surface area contributed by atoms with E-state index >= 15 is 0 Å². The quantitative estimate of drug-likeness (QED) is 0.685. The molecule has 7 nitrogen and oxygen atoms in total. The number of ether oxygens (including phenoxy) is 1. The molecule has 108 valence electrons. The van der Waals surface area contributed by atoms with E-state index in [2.05, 4.69) is 4.98 Å². The van der Waals surface area contributed by atoms with Gasteiger partial charge >= 0.3 is 5.97 Å². The maximum Gasteiger partial charge on any atom is 0.337 e. The van der Waals surface area contributed by atoms with Crippen molar-refractivity contribution in [3.8, 4) is 11.6 Å². The summed E-state index contributed by atoms with van der Waals surface area (Å²) in [5.41, 5.74) is 0.145. The number of hydrogen-bond donors (Lipinski definition) is 1. The first-order valence-corrected chi connectivity index (χ1v) is 6.09. The molecular formula is C13H9ClN2O5. The van der Waals surface area contributed by atoms with Gasteiger partial charge in [-0.15, -0.1) is 0 Å². The van der Waals surface area contributed by atoms with Crippen LogP contribution in [0.1, 0.15) is 16.1 Å². The normalized spacial score (nSPS) is 10.2. The second-order valence-electron chi connectivity index (χ2n) is 4.06. The van der Waals surface area contributed by atoms with Crippen molar-refractivity contribution in [2.45, 2.75) is 6.92 Å². The lowest BCUT2D eigenvalue weighted by Gasteiger charge is -2.07. The minimum absolute atomic E-state index is 0.0589. The summed E-state index contributed by atoms with van der Waals surface area (Å²) in [6, 6.07) is 6.66. The Kier molecular flexibility index (Phi) is 4.04. The highest BCUT2D eigenvalue weighted by Gasteiger charge is 2.14. The minimum atomic E-state index is -1.08. The summed E-state index contributed by atoms with van der Waals surface area (Å²) in [5, 5.41) is 19.5. The highest BCUT2D eigenvalue weighted by molar-refractivity contribution is 6.32. The Bertz CT molecular complexity index is 671. The summed E-state index contributed by atoms with van der Waals surface area (Å²) in [6.07, 6.45) is 0. The third-order valence-electron chi connectivity index (χ3n) is 2.63. The predicted octanol–water partition coefficient (Wildman–Crippen LogP) is 3.44. The molecule has 1 aromatic heterocycles. The van der Waals surface area contributed by atoms with Gasteiger partial charge in [-0.05, 0) is 19.1 Å². The number of nitrogens with zero attached hydrogens (tertiary/aromatic N) is 2.